The molecule has 0 spiro atoms. The molecule has 2 saturated heterocycles. The van der Waals surface area contributed by atoms with E-state index >= 15 is 19.2 Å². The third kappa shape index (κ3) is 22.5. The van der Waals surface area contributed by atoms with Crippen molar-refractivity contribution in [2.45, 2.75) is 243 Å². The van der Waals surface area contributed by atoms with Gasteiger partial charge < -0.3 is 119 Å². The second-order valence-electron chi connectivity index (χ2n) is 40.0. The average Bonchev–Trinajstić information content (AvgIpc) is 1.32. The van der Waals surface area contributed by atoms with E-state index in [4.69, 9.17) is 77.8 Å². The van der Waals surface area contributed by atoms with E-state index in [9.17, 15) is 28.8 Å². The number of nitrogens with zero attached hydrogens (tertiary/aromatic N) is 2. The summed E-state index contributed by atoms with van der Waals surface area (Å²) in [5, 5.41) is 27.4. The smallest absolute Gasteiger partial charge is 0.481 e. The van der Waals surface area contributed by atoms with E-state index < -0.39 is 151 Å². The van der Waals surface area contributed by atoms with Gasteiger partial charge in [-0.25, -0.2) is 0 Å². The normalized spacial score (nSPS) is 26.0. The number of carbonyl (C=O) groups is 10. The Morgan fingerprint density at radius 2 is 0.899 bits per heavy atom. The second-order valence-corrected chi connectivity index (χ2v) is 40.5. The van der Waals surface area contributed by atoms with Crippen LogP contribution < -0.4 is 95.5 Å². The number of nitrogens with one attached hydrogen (secondary N) is 9. The first kappa shape index (κ1) is 103. The summed E-state index contributed by atoms with van der Waals surface area (Å²) >= 11 is 6.27. The molecule has 138 heavy (non-hydrogen) atoms. The van der Waals surface area contributed by atoms with E-state index in [1.165, 1.54) is 44.7 Å². The highest BCUT2D eigenvalue weighted by molar-refractivity contribution is 6.48. The van der Waals surface area contributed by atoms with E-state index in [2.05, 4.69) is 89.4 Å². The first-order chi connectivity index (χ1) is 65.8. The lowest BCUT2D eigenvalue weighted by molar-refractivity contribution is -0.199. The van der Waals surface area contributed by atoms with Crippen LogP contribution in [0, 0.1) is 34.5 Å². The van der Waals surface area contributed by atoms with Crippen molar-refractivity contribution >= 4 is 84.9 Å². The molecule has 19 N–H and O–H groups in total. The molecule has 34 nitrogen and oxygen atoms in total. The Labute approximate surface area is 813 Å². The lowest BCUT2D eigenvalue weighted by atomic mass is 9.43. The topological polar surface area (TPSA) is 489 Å². The predicted molar refractivity (Wildman–Crippen MR) is 524 cm³/mol. The number of halogens is 1. The molecule has 6 aromatic carbocycles. The Balaban J connectivity index is 0.735. The highest BCUT2D eigenvalue weighted by atomic mass is 35.5. The molecule has 16 rings (SSSR count). The maximum atomic E-state index is 16.0. The summed E-state index contributed by atoms with van der Waals surface area (Å²) in [5.41, 5.74) is 35.4. The molecular formula is C101H137B2ClN16O18. The average molecular weight is 1920 g/mol. The van der Waals surface area contributed by atoms with Crippen LogP contribution in [0.5, 0.6) is 23.0 Å². The zero-order chi connectivity index (χ0) is 99.1. The van der Waals surface area contributed by atoms with Crippen LogP contribution in [-0.2, 0) is 74.6 Å². The van der Waals surface area contributed by atoms with Gasteiger partial charge in [0.05, 0.1) is 41.5 Å². The first-order valence-corrected chi connectivity index (χ1v) is 49.0. The minimum absolute atomic E-state index is 0.0300. The highest BCUT2D eigenvalue weighted by Crippen LogP contribution is 2.67. The maximum Gasteiger partial charge on any atom is 0.481 e. The molecule has 19 atom stereocenters. The van der Waals surface area contributed by atoms with Gasteiger partial charge in [0, 0.05) is 92.9 Å². The molecule has 37 heteroatoms. The van der Waals surface area contributed by atoms with Crippen molar-refractivity contribution in [3.8, 4) is 56.4 Å². The van der Waals surface area contributed by atoms with Gasteiger partial charge in [-0.1, -0.05) is 87.8 Å². The van der Waals surface area contributed by atoms with Gasteiger partial charge in [0.1, 0.15) is 97.8 Å². The van der Waals surface area contributed by atoms with Gasteiger partial charge in [-0.3, -0.25) is 53.3 Å². The SMILES string of the molecule is CC(=O)N[C@@H](CCCCN)C(=O)N(C)[C@@H]1C(=O)N[C@@H](C)C(=O)N[C@H](C(=O)N[C@@H](C)B2O[C@@H]3C[C@@H]4C[C@@H](C4(C)C)[C@]3(C)O2)Cc2ccc(OCCNC(N)CCC[C@H](NC(=O)c3ccc(-c4ccc(Cl)cc4)cc3)C(=O)N(C)[C@@H]3C(=O)N[C@@H](C)C(=O)N[C@H](C(=O)N[C@@H](C)B4O[C@@H]5C[C@@H]6C[C@@H](C6(C)C)[C@]5(C)O4)Cc4ccc(OCCN)c(c4)-c4cc3ccc4OCCN)c(c2)-c2cc1ccc2OCCN. The van der Waals surface area contributed by atoms with Crippen LogP contribution in [0.1, 0.15) is 185 Å². The number of hydrogen-bond donors (Lipinski definition) is 14. The van der Waals surface area contributed by atoms with Gasteiger partial charge in [-0.05, 0) is 253 Å². The summed E-state index contributed by atoms with van der Waals surface area (Å²) in [6.45, 7) is 22.1. The van der Waals surface area contributed by atoms with Gasteiger partial charge >= 0.3 is 14.2 Å². The fourth-order valence-electron chi connectivity index (χ4n) is 21.8. The second kappa shape index (κ2) is 44.0. The molecule has 0 radical (unpaired) electrons. The fourth-order valence-corrected chi connectivity index (χ4v) is 21.9. The highest BCUT2D eigenvalue weighted by Gasteiger charge is 2.70. The molecule has 10 amide bonds. The van der Waals surface area contributed by atoms with Crippen molar-refractivity contribution in [1.29, 1.82) is 0 Å². The number of likely N-dealkylation sites (N-methyl/N-ethyl adjacent to an activating group) is 2. The molecule has 1 unspecified atom stereocenters. The van der Waals surface area contributed by atoms with Gasteiger partial charge in [-0.15, -0.1) is 0 Å². The molecule has 4 heterocycles. The fraction of sp³-hybridized carbons (Fsp3) is 0.545. The Morgan fingerprint density at radius 1 is 0.493 bits per heavy atom. The van der Waals surface area contributed by atoms with Crippen LogP contribution in [0.2, 0.25) is 5.02 Å². The summed E-state index contributed by atoms with van der Waals surface area (Å²) in [6.07, 6.45) is 4.09. The largest absolute Gasteiger partial charge is 0.492 e. The Hall–Kier alpha value is -10.8. The maximum absolute atomic E-state index is 16.0. The van der Waals surface area contributed by atoms with Crippen molar-refractivity contribution in [3.05, 3.63) is 154 Å². The van der Waals surface area contributed by atoms with Crippen LogP contribution in [0.3, 0.4) is 0 Å². The van der Waals surface area contributed by atoms with Gasteiger partial charge in [0.15, 0.2) is 0 Å². The lowest BCUT2D eigenvalue weighted by Gasteiger charge is -2.64. The van der Waals surface area contributed by atoms with Crippen molar-refractivity contribution in [1.82, 2.24) is 57.7 Å². The first-order valence-electron chi connectivity index (χ1n) is 48.6. The molecule has 4 aliphatic heterocycles. The summed E-state index contributed by atoms with van der Waals surface area (Å²) in [4.78, 5) is 151. The lowest BCUT2D eigenvalue weighted by Crippen LogP contribution is -2.65. The van der Waals surface area contributed by atoms with Crippen molar-refractivity contribution in [2.24, 2.45) is 63.2 Å². The minimum Gasteiger partial charge on any atom is -0.492 e. The van der Waals surface area contributed by atoms with Crippen LogP contribution in [-0.4, -0.2) is 234 Å². The molecule has 6 aliphatic carbocycles. The van der Waals surface area contributed by atoms with E-state index in [-0.39, 0.29) is 143 Å². The van der Waals surface area contributed by atoms with E-state index in [0.29, 0.717) is 92.6 Å². The van der Waals surface area contributed by atoms with E-state index in [0.717, 1.165) is 36.8 Å². The summed E-state index contributed by atoms with van der Waals surface area (Å²) < 4.78 is 52.6. The monoisotopic (exact) mass is 1920 g/mol. The Morgan fingerprint density at radius 3 is 1.32 bits per heavy atom. The summed E-state index contributed by atoms with van der Waals surface area (Å²) in [6, 6.07) is 24.2. The molecule has 8 fully saturated rings. The van der Waals surface area contributed by atoms with Gasteiger partial charge in [-0.2, -0.15) is 0 Å². The number of hydrogen-bond acceptors (Lipinski definition) is 24. The van der Waals surface area contributed by atoms with Gasteiger partial charge in [0.25, 0.3) is 5.91 Å². The standard InChI is InChI=1S/C101H137B2ClN16O18/c1-55-89(122)118-77(93(126)114-58(4)103-136-85-54-68-52-83(99(68,8)9)101(85,11)138-103)48-61-21-33-79(71(46-61)73-50-65(28-35-81(73)133-43-39-108)87(94(127)111-55)119(12)96(129)74(115-59(5)121)17-14-15-36-105)134-44-40-110-86(109)19-16-18-75(116-91(124)64-24-22-62(23-25-64)63-26-30-69(104)31-27-63)97(130)120(13)88-66-29-34-80(132-42-38-107)72(49-66)70-45-60(20-32-78(70)131-41-37-106)47-76(117-90(123)56(2)112-95(88)128)92(125)113-57(3)102-135-84-53-67-51-82(98(67,6)7)100(84,10)137-102/h20-35,45-46,49-50,55-58,67-68,74-77,82-88,110H,14-19,36-44,47-48,51-54,105-109H2,1-13H3,(H,111,127)(H,112,128)(H,113,125)(H,114,126)(H,115,121)(H,116,124)(H,117,123)(H,118,122)/t55-,56-,57-,58-,67-,68-,74-,75-,76-,77-,82-,83-,84+,85+,86?,87-,88-,100-,101-/m0/s1. The van der Waals surface area contributed by atoms with Crippen molar-refractivity contribution < 1.29 is 85.5 Å². The van der Waals surface area contributed by atoms with E-state index in [1.54, 1.807) is 110 Å². The van der Waals surface area contributed by atoms with Crippen molar-refractivity contribution in [2.75, 3.05) is 73.2 Å². The number of ether oxygens (including phenoxy) is 4. The number of unbranched alkanes of at least 4 members (excludes halogenated alkanes) is 1. The quantitative estimate of drug-likeness (QED) is 0.0113. The number of nitrogens with two attached hydrogens (primary N) is 5. The molecule has 6 aromatic rings. The molecule has 10 aliphatic rings. The third-order valence-corrected chi connectivity index (χ3v) is 30.1. The Kier molecular flexibility index (Phi) is 32.8. The van der Waals surface area contributed by atoms with Crippen LogP contribution in [0.15, 0.2) is 121 Å². The number of rotatable bonds is 36. The molecular weight excluding hydrogens is 1780 g/mol. The van der Waals surface area contributed by atoms with Crippen LogP contribution in [0.25, 0.3) is 33.4 Å². The number of amides is 10. The molecule has 6 saturated carbocycles. The zero-order valence-electron chi connectivity index (χ0n) is 81.4. The third-order valence-electron chi connectivity index (χ3n) is 29.9. The Bertz CT molecular complexity index is 5450. The summed E-state index contributed by atoms with van der Waals surface area (Å²) in [5.74, 6) is -5.06. The predicted octanol–water partition coefficient (Wildman–Crippen LogP) is 6.54. The molecule has 0 aromatic heterocycles. The number of carbonyl (C=O) groups excluding carboxylic acids is 10. The van der Waals surface area contributed by atoms with Crippen LogP contribution >= 0.6 is 11.6 Å². The van der Waals surface area contributed by atoms with Crippen LogP contribution in [0.4, 0.5) is 0 Å². The number of fused-ring (bicyclic) bond motifs is 10. The van der Waals surface area contributed by atoms with Gasteiger partial charge in [0.2, 0.25) is 53.2 Å². The van der Waals surface area contributed by atoms with E-state index in [1.807, 2.05) is 25.1 Å². The zero-order valence-corrected chi connectivity index (χ0v) is 82.1. The van der Waals surface area contributed by atoms with Crippen molar-refractivity contribution in [3.63, 3.8) is 0 Å². The number of benzene rings is 6. The minimum atomic E-state index is -1.54. The summed E-state index contributed by atoms with van der Waals surface area (Å²) in [7, 11) is 1.29. The molecule has 12 bridgehead atoms. The molecule has 742 valence electrons.